The van der Waals surface area contributed by atoms with Gasteiger partial charge >= 0.3 is 0 Å². The van der Waals surface area contributed by atoms with E-state index in [9.17, 15) is 4.79 Å². The van der Waals surface area contributed by atoms with Crippen molar-refractivity contribution in [2.75, 3.05) is 0 Å². The zero-order valence-corrected chi connectivity index (χ0v) is 11.3. The molecule has 1 saturated carbocycles. The number of allylic oxidation sites excluding steroid dienone is 4. The third kappa shape index (κ3) is 2.56. The largest absolute Gasteiger partial charge is 0.295 e. The Balaban J connectivity index is 2.11. The van der Waals surface area contributed by atoms with Gasteiger partial charge in [-0.3, -0.25) is 4.79 Å². The first-order valence-electron chi connectivity index (χ1n) is 7.37. The summed E-state index contributed by atoms with van der Waals surface area (Å²) in [6.07, 6.45) is 9.90. The van der Waals surface area contributed by atoms with Gasteiger partial charge in [-0.15, -0.1) is 0 Å². The molecule has 0 radical (unpaired) electrons. The fourth-order valence-corrected chi connectivity index (χ4v) is 3.20. The summed E-state index contributed by atoms with van der Waals surface area (Å²) in [5.41, 5.74) is 4.96. The molecule has 1 fully saturated rings. The highest BCUT2D eigenvalue weighted by Crippen LogP contribution is 2.37. The van der Waals surface area contributed by atoms with Crippen LogP contribution in [-0.2, 0) is 4.79 Å². The van der Waals surface area contributed by atoms with Crippen molar-refractivity contribution in [3.8, 4) is 0 Å². The summed E-state index contributed by atoms with van der Waals surface area (Å²) in [6, 6.07) is 10.5. The van der Waals surface area contributed by atoms with Crippen LogP contribution in [-0.4, -0.2) is 5.78 Å². The van der Waals surface area contributed by atoms with Gasteiger partial charge < -0.3 is 0 Å². The average Bonchev–Trinajstić information content (AvgIpc) is 2.88. The van der Waals surface area contributed by atoms with Crippen LogP contribution in [0.25, 0.3) is 5.57 Å². The van der Waals surface area contributed by atoms with Gasteiger partial charge in [0.1, 0.15) is 0 Å². The van der Waals surface area contributed by atoms with Gasteiger partial charge in [0, 0.05) is 12.0 Å². The molecule has 19 heavy (non-hydrogen) atoms. The van der Waals surface area contributed by atoms with Crippen molar-refractivity contribution < 1.29 is 4.79 Å². The van der Waals surface area contributed by atoms with Gasteiger partial charge in [0.05, 0.1) is 0 Å². The van der Waals surface area contributed by atoms with Crippen molar-refractivity contribution in [3.05, 3.63) is 53.1 Å². The molecule has 0 unspecified atom stereocenters. The van der Waals surface area contributed by atoms with Gasteiger partial charge in [-0.1, -0.05) is 36.4 Å². The second-order valence-corrected chi connectivity index (χ2v) is 5.47. The van der Waals surface area contributed by atoms with Crippen LogP contribution < -0.4 is 0 Å². The summed E-state index contributed by atoms with van der Waals surface area (Å²) in [5, 5.41) is 0. The summed E-state index contributed by atoms with van der Waals surface area (Å²) in [5.74, 6) is 0.366. The van der Waals surface area contributed by atoms with Crippen molar-refractivity contribution in [3.63, 3.8) is 0 Å². The van der Waals surface area contributed by atoms with E-state index in [-0.39, 0.29) is 0 Å². The quantitative estimate of drug-likeness (QED) is 0.698. The van der Waals surface area contributed by atoms with Crippen molar-refractivity contribution >= 4 is 11.4 Å². The third-order valence-corrected chi connectivity index (χ3v) is 4.14. The maximum atomic E-state index is 12.1. The molecule has 0 aromatic heterocycles. The number of ketones is 1. The molecule has 1 aromatic rings. The molecule has 0 saturated heterocycles. The molecular formula is C18H20O. The summed E-state index contributed by atoms with van der Waals surface area (Å²) in [4.78, 5) is 12.1. The van der Waals surface area contributed by atoms with Crippen LogP contribution in [0.5, 0.6) is 0 Å². The monoisotopic (exact) mass is 252 g/mol. The molecule has 98 valence electrons. The van der Waals surface area contributed by atoms with Crippen LogP contribution in [0.2, 0.25) is 0 Å². The van der Waals surface area contributed by atoms with E-state index in [1.807, 2.05) is 6.07 Å². The third-order valence-electron chi connectivity index (χ3n) is 4.14. The smallest absolute Gasteiger partial charge is 0.159 e. The first-order chi connectivity index (χ1) is 9.36. The molecule has 1 nitrogen and oxygen atoms in total. The summed E-state index contributed by atoms with van der Waals surface area (Å²) in [7, 11) is 0. The van der Waals surface area contributed by atoms with Gasteiger partial charge in [0.2, 0.25) is 0 Å². The van der Waals surface area contributed by atoms with Crippen LogP contribution in [0, 0.1) is 0 Å². The average molecular weight is 252 g/mol. The Hall–Kier alpha value is -1.63. The highest BCUT2D eigenvalue weighted by atomic mass is 16.1. The van der Waals surface area contributed by atoms with Crippen LogP contribution in [0.4, 0.5) is 0 Å². The second kappa shape index (κ2) is 5.56. The first kappa shape index (κ1) is 12.4. The molecule has 0 amide bonds. The van der Waals surface area contributed by atoms with E-state index in [0.717, 1.165) is 37.7 Å². The molecule has 0 bridgehead atoms. The van der Waals surface area contributed by atoms with Gasteiger partial charge in [0.15, 0.2) is 5.78 Å². The Kier molecular flexibility index (Phi) is 3.63. The number of Topliss-reactive ketones (excluding diaryl/α,β-unsaturated/α-hetero) is 1. The Morgan fingerprint density at radius 3 is 2.37 bits per heavy atom. The van der Waals surface area contributed by atoms with Crippen LogP contribution in [0.3, 0.4) is 0 Å². The summed E-state index contributed by atoms with van der Waals surface area (Å²) in [6.45, 7) is 0. The number of benzene rings is 1. The highest BCUT2D eigenvalue weighted by molar-refractivity contribution is 6.07. The molecule has 0 heterocycles. The van der Waals surface area contributed by atoms with Gasteiger partial charge in [-0.05, 0) is 55.2 Å². The lowest BCUT2D eigenvalue weighted by molar-refractivity contribution is -0.114. The SMILES string of the molecule is O=C1CCC/C1=C(/C1=CCCCC1)c1ccccc1. The fourth-order valence-electron chi connectivity index (χ4n) is 3.20. The zero-order chi connectivity index (χ0) is 13.1. The van der Waals surface area contributed by atoms with E-state index in [0.29, 0.717) is 5.78 Å². The van der Waals surface area contributed by atoms with Gasteiger partial charge in [-0.2, -0.15) is 0 Å². The lowest BCUT2D eigenvalue weighted by Crippen LogP contribution is -2.03. The van der Waals surface area contributed by atoms with Crippen LogP contribution in [0.15, 0.2) is 47.6 Å². The van der Waals surface area contributed by atoms with E-state index in [2.05, 4.69) is 30.3 Å². The standard InChI is InChI=1S/C18H20O/c19-17-13-7-12-16(17)18(14-8-3-1-4-9-14)15-10-5-2-6-11-15/h1,3-4,8-10H,2,5-7,11-13H2/b18-16-. The predicted octanol–water partition coefficient (Wildman–Crippen LogP) is 4.69. The van der Waals surface area contributed by atoms with Gasteiger partial charge in [-0.25, -0.2) is 0 Å². The minimum atomic E-state index is 0.366. The van der Waals surface area contributed by atoms with E-state index >= 15 is 0 Å². The zero-order valence-electron chi connectivity index (χ0n) is 11.3. The van der Waals surface area contributed by atoms with Crippen molar-refractivity contribution in [1.29, 1.82) is 0 Å². The summed E-state index contributed by atoms with van der Waals surface area (Å²) < 4.78 is 0. The minimum absolute atomic E-state index is 0.366. The fraction of sp³-hybridized carbons (Fsp3) is 0.389. The van der Waals surface area contributed by atoms with Gasteiger partial charge in [0.25, 0.3) is 0 Å². The lowest BCUT2D eigenvalue weighted by atomic mass is 9.86. The molecule has 2 aliphatic rings. The number of hydrogen-bond acceptors (Lipinski definition) is 1. The normalized spacial score (nSPS) is 22.3. The lowest BCUT2D eigenvalue weighted by Gasteiger charge is -2.19. The number of carbonyl (C=O) groups excluding carboxylic acids is 1. The maximum absolute atomic E-state index is 12.1. The second-order valence-electron chi connectivity index (χ2n) is 5.47. The molecular weight excluding hydrogens is 232 g/mol. The van der Waals surface area contributed by atoms with E-state index < -0.39 is 0 Å². The number of carbonyl (C=O) groups is 1. The van der Waals surface area contributed by atoms with E-state index in [1.165, 1.54) is 29.6 Å². The molecule has 3 rings (SSSR count). The molecule has 0 spiro atoms. The van der Waals surface area contributed by atoms with Crippen molar-refractivity contribution in [2.45, 2.75) is 44.9 Å². The maximum Gasteiger partial charge on any atom is 0.159 e. The van der Waals surface area contributed by atoms with Crippen molar-refractivity contribution in [1.82, 2.24) is 0 Å². The number of hydrogen-bond donors (Lipinski definition) is 0. The van der Waals surface area contributed by atoms with E-state index in [4.69, 9.17) is 0 Å². The van der Waals surface area contributed by atoms with Crippen molar-refractivity contribution in [2.24, 2.45) is 0 Å². The Bertz CT molecular complexity index is 534. The number of rotatable bonds is 2. The molecule has 2 aliphatic carbocycles. The Labute approximate surface area is 115 Å². The molecule has 1 heteroatoms. The molecule has 0 aliphatic heterocycles. The molecule has 1 aromatic carbocycles. The van der Waals surface area contributed by atoms with E-state index in [1.54, 1.807) is 0 Å². The first-order valence-corrected chi connectivity index (χ1v) is 7.37. The van der Waals surface area contributed by atoms with Crippen LogP contribution >= 0.6 is 0 Å². The summed E-state index contributed by atoms with van der Waals surface area (Å²) >= 11 is 0. The molecule has 0 atom stereocenters. The minimum Gasteiger partial charge on any atom is -0.295 e. The molecule has 0 N–H and O–H groups in total. The predicted molar refractivity (Wildman–Crippen MR) is 78.8 cm³/mol. The highest BCUT2D eigenvalue weighted by Gasteiger charge is 2.24. The van der Waals surface area contributed by atoms with Crippen LogP contribution in [0.1, 0.15) is 50.5 Å². The Morgan fingerprint density at radius 1 is 0.895 bits per heavy atom. The topological polar surface area (TPSA) is 17.1 Å². The Morgan fingerprint density at radius 2 is 1.74 bits per heavy atom.